The van der Waals surface area contributed by atoms with E-state index in [-0.39, 0.29) is 0 Å². The zero-order valence-electron chi connectivity index (χ0n) is 26.4. The fourth-order valence-corrected chi connectivity index (χ4v) is 8.68. The monoisotopic (exact) mass is 592 g/mol. The summed E-state index contributed by atoms with van der Waals surface area (Å²) in [7, 11) is -5.40. The summed E-state index contributed by atoms with van der Waals surface area (Å²) in [5.41, 5.74) is 3.72. The summed E-state index contributed by atoms with van der Waals surface area (Å²) in [6, 6.07) is 23.3. The molecule has 0 saturated heterocycles. The molecule has 4 heteroatoms. The molecular weight excluding hydrogens is 535 g/mol. The number of hydrogen-bond acceptors (Lipinski definition) is 3. The summed E-state index contributed by atoms with van der Waals surface area (Å²) < 4.78 is 0. The Balaban J connectivity index is 1.82. The van der Waals surface area contributed by atoms with E-state index in [4.69, 9.17) is 0 Å². The van der Waals surface area contributed by atoms with Gasteiger partial charge in [0.25, 0.3) is 0 Å². The summed E-state index contributed by atoms with van der Waals surface area (Å²) in [5, 5.41) is 0.600. The van der Waals surface area contributed by atoms with E-state index in [1.165, 1.54) is 77.0 Å². The van der Waals surface area contributed by atoms with Crippen molar-refractivity contribution in [2.24, 2.45) is 0 Å². The number of hydrogen-bond donors (Lipinski definition) is 3. The van der Waals surface area contributed by atoms with Gasteiger partial charge in [0.1, 0.15) is 0 Å². The standard InChI is InChI=1S/C38H57O3P/c1-3-5-7-9-11-13-15-18-27-34-28-22-23-31-37(34)42(39,40,41)38-32-24-30-35(33-25-19-17-20-26-33)36(38)29-21-16-14-12-10-8-6-4-2/h17,19-20,22-26,28,30-32,39-41H,3-16,18,21,27,29H2,1-2H3. The zero-order chi connectivity index (χ0) is 30.1. The first-order chi connectivity index (χ1) is 20.4. The van der Waals surface area contributed by atoms with Crippen LogP contribution >= 0.6 is 7.28 Å². The van der Waals surface area contributed by atoms with Gasteiger partial charge < -0.3 is 0 Å². The summed E-state index contributed by atoms with van der Waals surface area (Å²) in [6.07, 6.45) is 20.8. The summed E-state index contributed by atoms with van der Waals surface area (Å²) in [4.78, 5) is 36.1. The molecule has 0 bridgehead atoms. The van der Waals surface area contributed by atoms with Crippen molar-refractivity contribution in [2.75, 3.05) is 0 Å². The van der Waals surface area contributed by atoms with Crippen LogP contribution in [-0.2, 0) is 12.8 Å². The summed E-state index contributed by atoms with van der Waals surface area (Å²) in [6.45, 7) is 4.49. The van der Waals surface area contributed by atoms with Crippen molar-refractivity contribution in [3.8, 4) is 11.1 Å². The molecule has 0 unspecified atom stereocenters. The Morgan fingerprint density at radius 2 is 0.929 bits per heavy atom. The molecule has 3 N–H and O–H groups in total. The van der Waals surface area contributed by atoms with Gasteiger partial charge in [-0.3, -0.25) is 0 Å². The van der Waals surface area contributed by atoms with Gasteiger partial charge in [-0.1, -0.05) is 0 Å². The van der Waals surface area contributed by atoms with Crippen molar-refractivity contribution in [1.29, 1.82) is 0 Å². The number of rotatable bonds is 21. The van der Waals surface area contributed by atoms with Crippen molar-refractivity contribution in [1.82, 2.24) is 0 Å². The summed E-state index contributed by atoms with van der Waals surface area (Å²) >= 11 is 0. The predicted octanol–water partition coefficient (Wildman–Crippen LogP) is 9.95. The van der Waals surface area contributed by atoms with Crippen LogP contribution in [0.5, 0.6) is 0 Å². The van der Waals surface area contributed by atoms with Gasteiger partial charge in [0, 0.05) is 0 Å². The molecule has 0 heterocycles. The second-order valence-electron chi connectivity index (χ2n) is 12.2. The maximum atomic E-state index is 12.0. The van der Waals surface area contributed by atoms with Crippen LogP contribution in [-0.4, -0.2) is 14.7 Å². The summed E-state index contributed by atoms with van der Waals surface area (Å²) in [5.74, 6) is 0. The molecule has 3 nitrogen and oxygen atoms in total. The maximum absolute atomic E-state index is 12.0. The Bertz CT molecular complexity index is 1170. The van der Waals surface area contributed by atoms with Crippen LogP contribution in [0.15, 0.2) is 72.8 Å². The van der Waals surface area contributed by atoms with Gasteiger partial charge in [-0.25, -0.2) is 0 Å². The van der Waals surface area contributed by atoms with Crippen molar-refractivity contribution >= 4 is 17.9 Å². The van der Waals surface area contributed by atoms with Gasteiger partial charge in [-0.2, -0.15) is 0 Å². The number of benzene rings is 3. The first-order valence-electron chi connectivity index (χ1n) is 16.9. The van der Waals surface area contributed by atoms with Gasteiger partial charge in [0.2, 0.25) is 0 Å². The molecule has 232 valence electrons. The second kappa shape index (κ2) is 17.9. The van der Waals surface area contributed by atoms with Gasteiger partial charge in [-0.05, 0) is 0 Å². The molecule has 0 aliphatic rings. The van der Waals surface area contributed by atoms with Gasteiger partial charge in [0.05, 0.1) is 0 Å². The van der Waals surface area contributed by atoms with E-state index in [1.54, 1.807) is 12.1 Å². The Labute approximate surface area is 256 Å². The SMILES string of the molecule is CCCCCCCCCCc1ccccc1P(O)(O)(O)c1cccc(-c2ccccc2)c1CCCCCCCCCC. The van der Waals surface area contributed by atoms with E-state index in [1.807, 2.05) is 42.5 Å². The van der Waals surface area contributed by atoms with Crippen LogP contribution in [0.2, 0.25) is 0 Å². The fourth-order valence-electron chi connectivity index (χ4n) is 6.25. The first kappa shape index (κ1) is 34.5. The Morgan fingerprint density at radius 1 is 0.452 bits per heavy atom. The molecule has 0 saturated carbocycles. The molecule has 3 aromatic rings. The Hall–Kier alpha value is -2.03. The third-order valence-corrected chi connectivity index (χ3v) is 11.3. The molecule has 0 amide bonds. The van der Waals surface area contributed by atoms with Crippen molar-refractivity contribution in [3.63, 3.8) is 0 Å². The van der Waals surface area contributed by atoms with Crippen LogP contribution in [0.1, 0.15) is 128 Å². The van der Waals surface area contributed by atoms with Crippen molar-refractivity contribution in [3.05, 3.63) is 83.9 Å². The molecule has 0 aromatic heterocycles. The minimum atomic E-state index is -5.40. The van der Waals surface area contributed by atoms with Gasteiger partial charge in [0.15, 0.2) is 0 Å². The molecule has 0 aliphatic heterocycles. The van der Waals surface area contributed by atoms with E-state index in [9.17, 15) is 14.7 Å². The van der Waals surface area contributed by atoms with Crippen LogP contribution in [0.4, 0.5) is 0 Å². The molecule has 0 radical (unpaired) electrons. The second-order valence-corrected chi connectivity index (χ2v) is 15.2. The molecule has 0 atom stereocenters. The third-order valence-electron chi connectivity index (χ3n) is 8.70. The van der Waals surface area contributed by atoms with Crippen LogP contribution in [0.25, 0.3) is 11.1 Å². The number of aryl methyl sites for hydroxylation is 1. The molecule has 0 aliphatic carbocycles. The molecule has 42 heavy (non-hydrogen) atoms. The van der Waals surface area contributed by atoms with Crippen LogP contribution in [0.3, 0.4) is 0 Å². The van der Waals surface area contributed by atoms with Crippen molar-refractivity contribution < 1.29 is 14.7 Å². The topological polar surface area (TPSA) is 60.7 Å². The molecule has 3 aromatic carbocycles. The minimum absolute atomic E-state index is 0.300. The Morgan fingerprint density at radius 3 is 1.52 bits per heavy atom. The van der Waals surface area contributed by atoms with Crippen LogP contribution < -0.4 is 10.6 Å². The zero-order valence-corrected chi connectivity index (χ0v) is 27.3. The van der Waals surface area contributed by atoms with E-state index < -0.39 is 7.28 Å². The fraction of sp³-hybridized carbons (Fsp3) is 0.526. The molecule has 3 rings (SSSR count). The average Bonchev–Trinajstić information content (AvgIpc) is 3.00. The average molecular weight is 593 g/mol. The van der Waals surface area contributed by atoms with E-state index in [0.717, 1.165) is 54.4 Å². The Kier molecular flexibility index (Phi) is 14.7. The first-order valence-corrected chi connectivity index (χ1v) is 19.0. The quantitative estimate of drug-likeness (QED) is 0.0852. The van der Waals surface area contributed by atoms with Crippen molar-refractivity contribution in [2.45, 2.75) is 129 Å². The normalized spacial score (nSPS) is 12.7. The van der Waals surface area contributed by atoms with E-state index in [0.29, 0.717) is 17.0 Å². The van der Waals surface area contributed by atoms with E-state index in [2.05, 4.69) is 32.0 Å². The molecule has 0 fully saturated rings. The predicted molar refractivity (Wildman–Crippen MR) is 184 cm³/mol. The van der Waals surface area contributed by atoms with Gasteiger partial charge >= 0.3 is 257 Å². The molecule has 0 spiro atoms. The van der Waals surface area contributed by atoms with E-state index >= 15 is 0 Å². The van der Waals surface area contributed by atoms with Crippen LogP contribution in [0, 0.1) is 0 Å². The third kappa shape index (κ3) is 10.3. The number of unbranched alkanes of at least 4 members (excludes halogenated alkanes) is 14. The molecular formula is C38H57O3P. The van der Waals surface area contributed by atoms with Gasteiger partial charge in [-0.15, -0.1) is 0 Å².